The van der Waals surface area contributed by atoms with Gasteiger partial charge in [-0.2, -0.15) is 0 Å². The lowest BCUT2D eigenvalue weighted by Gasteiger charge is -2.18. The van der Waals surface area contributed by atoms with E-state index in [1.54, 1.807) is 0 Å². The van der Waals surface area contributed by atoms with Gasteiger partial charge in [-0.05, 0) is 56.6 Å². The second kappa shape index (κ2) is 3.65. The van der Waals surface area contributed by atoms with Crippen molar-refractivity contribution in [3.63, 3.8) is 0 Å². The fourth-order valence-electron chi connectivity index (χ4n) is 2.35. The van der Waals surface area contributed by atoms with Crippen molar-refractivity contribution in [1.29, 1.82) is 0 Å². The Labute approximate surface area is 96.4 Å². The van der Waals surface area contributed by atoms with Crippen LogP contribution in [0, 0.1) is 18.8 Å². The van der Waals surface area contributed by atoms with E-state index in [0.29, 0.717) is 6.04 Å². The molecule has 0 amide bonds. The third-order valence-electron chi connectivity index (χ3n) is 3.70. The largest absolute Gasteiger partial charge is 0.397 e. The van der Waals surface area contributed by atoms with Gasteiger partial charge in [0, 0.05) is 6.04 Å². The Morgan fingerprint density at radius 1 is 1.25 bits per heavy atom. The van der Waals surface area contributed by atoms with Crippen molar-refractivity contribution in [3.05, 3.63) is 17.8 Å². The highest BCUT2D eigenvalue weighted by atomic mass is 15.0. The van der Waals surface area contributed by atoms with Gasteiger partial charge >= 0.3 is 0 Å². The van der Waals surface area contributed by atoms with Gasteiger partial charge in [0.15, 0.2) is 0 Å². The van der Waals surface area contributed by atoms with E-state index in [2.05, 4.69) is 10.3 Å². The van der Waals surface area contributed by atoms with Crippen LogP contribution in [-0.4, -0.2) is 11.0 Å². The van der Waals surface area contributed by atoms with Crippen LogP contribution in [0.15, 0.2) is 12.1 Å². The molecule has 1 aromatic heterocycles. The van der Waals surface area contributed by atoms with Crippen LogP contribution in [0.4, 0.5) is 11.5 Å². The molecule has 2 saturated carbocycles. The molecule has 1 aromatic rings. The highest BCUT2D eigenvalue weighted by Gasteiger charge is 2.41. The van der Waals surface area contributed by atoms with Crippen molar-refractivity contribution in [2.45, 2.75) is 38.6 Å². The Bertz CT molecular complexity index is 382. The van der Waals surface area contributed by atoms with Gasteiger partial charge in [-0.3, -0.25) is 0 Å². The maximum absolute atomic E-state index is 5.77. The first-order valence-corrected chi connectivity index (χ1v) is 6.23. The highest BCUT2D eigenvalue weighted by Crippen LogP contribution is 2.45. The number of aromatic nitrogens is 1. The molecule has 0 unspecified atom stereocenters. The molecule has 0 saturated heterocycles. The van der Waals surface area contributed by atoms with Crippen molar-refractivity contribution in [2.75, 3.05) is 11.1 Å². The summed E-state index contributed by atoms with van der Waals surface area (Å²) in [6.45, 7) is 1.96. The summed E-state index contributed by atoms with van der Waals surface area (Å²) in [5.41, 5.74) is 7.48. The number of nitrogen functional groups attached to an aromatic ring is 1. The molecule has 2 aliphatic carbocycles. The SMILES string of the molecule is Cc1nc(NC(C2CC2)C2CC2)ccc1N. The molecule has 0 radical (unpaired) electrons. The molecule has 3 nitrogen and oxygen atoms in total. The Kier molecular flexibility index (Phi) is 2.27. The first-order valence-electron chi connectivity index (χ1n) is 6.23. The van der Waals surface area contributed by atoms with Gasteiger partial charge in [-0.15, -0.1) is 0 Å². The van der Waals surface area contributed by atoms with E-state index in [1.807, 2.05) is 19.1 Å². The Hall–Kier alpha value is -1.25. The lowest BCUT2D eigenvalue weighted by molar-refractivity contribution is 0.565. The number of rotatable bonds is 4. The second-order valence-corrected chi connectivity index (χ2v) is 5.22. The topological polar surface area (TPSA) is 50.9 Å². The Morgan fingerprint density at radius 2 is 1.88 bits per heavy atom. The lowest BCUT2D eigenvalue weighted by atomic mass is 10.1. The number of anilines is 2. The average Bonchev–Trinajstić information content (AvgIpc) is 3.14. The molecule has 2 fully saturated rings. The third kappa shape index (κ3) is 1.99. The third-order valence-corrected chi connectivity index (χ3v) is 3.70. The standard InChI is InChI=1S/C13H19N3/c1-8-11(14)6-7-12(15-8)16-13(9-2-3-9)10-4-5-10/h6-7,9-10,13H,2-5,14H2,1H3,(H,15,16). The van der Waals surface area contributed by atoms with Crippen LogP contribution in [0.2, 0.25) is 0 Å². The summed E-state index contributed by atoms with van der Waals surface area (Å²) in [4.78, 5) is 4.50. The molecule has 1 heterocycles. The van der Waals surface area contributed by atoms with E-state index in [9.17, 15) is 0 Å². The van der Waals surface area contributed by atoms with Gasteiger partial charge in [0.25, 0.3) is 0 Å². The van der Waals surface area contributed by atoms with Crippen molar-refractivity contribution >= 4 is 11.5 Å². The molecule has 0 atom stereocenters. The van der Waals surface area contributed by atoms with Crippen LogP contribution < -0.4 is 11.1 Å². The number of nitrogens with zero attached hydrogens (tertiary/aromatic N) is 1. The minimum Gasteiger partial charge on any atom is -0.397 e. The number of nitrogens with one attached hydrogen (secondary N) is 1. The van der Waals surface area contributed by atoms with Gasteiger partial charge in [0.05, 0.1) is 11.4 Å². The number of hydrogen-bond acceptors (Lipinski definition) is 3. The normalized spacial score (nSPS) is 20.1. The summed E-state index contributed by atoms with van der Waals surface area (Å²) in [7, 11) is 0. The van der Waals surface area contributed by atoms with Crippen LogP contribution >= 0.6 is 0 Å². The fourth-order valence-corrected chi connectivity index (χ4v) is 2.35. The molecule has 2 aliphatic rings. The predicted molar refractivity (Wildman–Crippen MR) is 66.2 cm³/mol. The minimum absolute atomic E-state index is 0.663. The molecule has 16 heavy (non-hydrogen) atoms. The first kappa shape index (κ1) is 9.94. The zero-order chi connectivity index (χ0) is 11.1. The van der Waals surface area contributed by atoms with Crippen molar-refractivity contribution in [1.82, 2.24) is 4.98 Å². The van der Waals surface area contributed by atoms with Crippen LogP contribution in [0.1, 0.15) is 31.4 Å². The van der Waals surface area contributed by atoms with Gasteiger partial charge in [0.1, 0.15) is 5.82 Å². The van der Waals surface area contributed by atoms with Crippen LogP contribution in [0.25, 0.3) is 0 Å². The molecule has 0 bridgehead atoms. The van der Waals surface area contributed by atoms with Gasteiger partial charge in [-0.25, -0.2) is 4.98 Å². The second-order valence-electron chi connectivity index (χ2n) is 5.22. The zero-order valence-corrected chi connectivity index (χ0v) is 9.74. The van der Waals surface area contributed by atoms with Crippen molar-refractivity contribution in [2.24, 2.45) is 11.8 Å². The molecule has 0 aliphatic heterocycles. The van der Waals surface area contributed by atoms with Gasteiger partial charge in [-0.1, -0.05) is 0 Å². The smallest absolute Gasteiger partial charge is 0.126 e. The van der Waals surface area contributed by atoms with E-state index >= 15 is 0 Å². The number of aryl methyl sites for hydroxylation is 1. The summed E-state index contributed by atoms with van der Waals surface area (Å²) in [5.74, 6) is 2.79. The first-order chi connectivity index (χ1) is 7.74. The molecule has 0 aromatic carbocycles. The molecule has 0 spiro atoms. The lowest BCUT2D eigenvalue weighted by Crippen LogP contribution is -2.24. The molecular weight excluding hydrogens is 198 g/mol. The average molecular weight is 217 g/mol. The van der Waals surface area contributed by atoms with E-state index < -0.39 is 0 Å². The molecule has 3 heteroatoms. The maximum atomic E-state index is 5.77. The molecule has 3 rings (SSSR count). The number of pyridine rings is 1. The van der Waals surface area contributed by atoms with Crippen LogP contribution in [0.5, 0.6) is 0 Å². The number of nitrogens with two attached hydrogens (primary N) is 1. The fraction of sp³-hybridized carbons (Fsp3) is 0.615. The van der Waals surface area contributed by atoms with E-state index in [4.69, 9.17) is 5.73 Å². The number of hydrogen-bond donors (Lipinski definition) is 2. The summed E-state index contributed by atoms with van der Waals surface area (Å²) in [6, 6.07) is 4.61. The van der Waals surface area contributed by atoms with Crippen LogP contribution in [-0.2, 0) is 0 Å². The molecule has 3 N–H and O–H groups in total. The van der Waals surface area contributed by atoms with Crippen molar-refractivity contribution < 1.29 is 0 Å². The van der Waals surface area contributed by atoms with E-state index in [-0.39, 0.29) is 0 Å². The van der Waals surface area contributed by atoms with E-state index in [1.165, 1.54) is 25.7 Å². The Balaban J connectivity index is 1.73. The highest BCUT2D eigenvalue weighted by molar-refractivity contribution is 5.49. The minimum atomic E-state index is 0.663. The Morgan fingerprint density at radius 3 is 2.38 bits per heavy atom. The summed E-state index contributed by atoms with van der Waals surface area (Å²) in [5, 5.41) is 3.60. The van der Waals surface area contributed by atoms with Crippen molar-refractivity contribution in [3.8, 4) is 0 Å². The zero-order valence-electron chi connectivity index (χ0n) is 9.74. The van der Waals surface area contributed by atoms with E-state index in [0.717, 1.165) is 29.0 Å². The molecule has 86 valence electrons. The van der Waals surface area contributed by atoms with Crippen LogP contribution in [0.3, 0.4) is 0 Å². The monoisotopic (exact) mass is 217 g/mol. The molecular formula is C13H19N3. The predicted octanol–water partition coefficient (Wildman–Crippen LogP) is 2.57. The maximum Gasteiger partial charge on any atom is 0.126 e. The van der Waals surface area contributed by atoms with Gasteiger partial charge < -0.3 is 11.1 Å². The summed E-state index contributed by atoms with van der Waals surface area (Å²) >= 11 is 0. The summed E-state index contributed by atoms with van der Waals surface area (Å²) in [6.07, 6.45) is 5.56. The summed E-state index contributed by atoms with van der Waals surface area (Å²) < 4.78 is 0. The van der Waals surface area contributed by atoms with Gasteiger partial charge in [0.2, 0.25) is 0 Å². The quantitative estimate of drug-likeness (QED) is 0.815.